The molecule has 8 heteroatoms. The third-order valence-corrected chi connectivity index (χ3v) is 2.07. The highest BCUT2D eigenvalue weighted by molar-refractivity contribution is 5.77. The van der Waals surface area contributed by atoms with Crippen LogP contribution in [-0.2, 0) is 9.53 Å². The zero-order valence-corrected chi connectivity index (χ0v) is 9.42. The standard InChI is InChI=1S/C10H11FN2O5/c1-18-5-9(10(14)15)12-7-2-6(11)3-8(4-7)13(16)17/h2-4,9,12H,5H2,1H3,(H,14,15). The van der Waals surface area contributed by atoms with Gasteiger partial charge in [0.15, 0.2) is 0 Å². The molecule has 0 spiro atoms. The summed E-state index contributed by atoms with van der Waals surface area (Å²) < 4.78 is 17.8. The molecule has 1 atom stereocenters. The Bertz CT molecular complexity index is 466. The van der Waals surface area contributed by atoms with Crippen LogP contribution in [0.4, 0.5) is 15.8 Å². The lowest BCUT2D eigenvalue weighted by Gasteiger charge is -2.14. The minimum Gasteiger partial charge on any atom is -0.480 e. The molecule has 1 rings (SSSR count). The van der Waals surface area contributed by atoms with Gasteiger partial charge in [-0.05, 0) is 6.07 Å². The number of benzene rings is 1. The van der Waals surface area contributed by atoms with E-state index in [9.17, 15) is 19.3 Å². The molecule has 0 saturated heterocycles. The van der Waals surface area contributed by atoms with E-state index in [0.717, 1.165) is 18.2 Å². The van der Waals surface area contributed by atoms with Gasteiger partial charge in [0.1, 0.15) is 11.9 Å². The molecule has 0 aliphatic rings. The highest BCUT2D eigenvalue weighted by Gasteiger charge is 2.18. The van der Waals surface area contributed by atoms with Crippen molar-refractivity contribution >= 4 is 17.3 Å². The number of non-ortho nitro benzene ring substituents is 1. The first-order valence-corrected chi connectivity index (χ1v) is 4.87. The number of carbonyl (C=O) groups is 1. The second kappa shape index (κ2) is 5.92. The fourth-order valence-corrected chi connectivity index (χ4v) is 1.31. The number of hydrogen-bond acceptors (Lipinski definition) is 5. The van der Waals surface area contributed by atoms with Crippen molar-refractivity contribution in [3.8, 4) is 0 Å². The van der Waals surface area contributed by atoms with Crippen LogP contribution in [0, 0.1) is 15.9 Å². The molecule has 0 saturated carbocycles. The van der Waals surface area contributed by atoms with Crippen LogP contribution in [0.1, 0.15) is 0 Å². The van der Waals surface area contributed by atoms with Crippen LogP contribution in [0.3, 0.4) is 0 Å². The number of aliphatic carboxylic acids is 1. The van der Waals surface area contributed by atoms with Crippen LogP contribution in [0.5, 0.6) is 0 Å². The molecule has 0 heterocycles. The SMILES string of the molecule is COCC(Nc1cc(F)cc([N+](=O)[O-])c1)C(=O)O. The van der Waals surface area contributed by atoms with Gasteiger partial charge in [0.05, 0.1) is 17.6 Å². The largest absolute Gasteiger partial charge is 0.480 e. The summed E-state index contributed by atoms with van der Waals surface area (Å²) in [5, 5.41) is 21.8. The lowest BCUT2D eigenvalue weighted by atomic mass is 10.2. The number of nitrogens with one attached hydrogen (secondary N) is 1. The van der Waals surface area contributed by atoms with Crippen molar-refractivity contribution < 1.29 is 24.0 Å². The highest BCUT2D eigenvalue weighted by Crippen LogP contribution is 2.20. The van der Waals surface area contributed by atoms with Crippen LogP contribution in [-0.4, -0.2) is 35.8 Å². The Labute approximate surface area is 101 Å². The molecule has 0 fully saturated rings. The van der Waals surface area contributed by atoms with Gasteiger partial charge in [0.25, 0.3) is 5.69 Å². The van der Waals surface area contributed by atoms with Gasteiger partial charge in [-0.15, -0.1) is 0 Å². The van der Waals surface area contributed by atoms with Gasteiger partial charge in [-0.3, -0.25) is 10.1 Å². The van der Waals surface area contributed by atoms with E-state index < -0.39 is 28.4 Å². The van der Waals surface area contributed by atoms with Crippen molar-refractivity contribution in [3.63, 3.8) is 0 Å². The molecule has 0 aliphatic heterocycles. The molecular formula is C10H11FN2O5. The van der Waals surface area contributed by atoms with Crippen LogP contribution < -0.4 is 5.32 Å². The molecule has 1 unspecified atom stereocenters. The first kappa shape index (κ1) is 13.8. The number of halogens is 1. The van der Waals surface area contributed by atoms with E-state index in [1.807, 2.05) is 0 Å². The Morgan fingerprint density at radius 1 is 1.61 bits per heavy atom. The summed E-state index contributed by atoms with van der Waals surface area (Å²) in [6, 6.07) is 1.65. The number of ether oxygens (including phenoxy) is 1. The van der Waals surface area contributed by atoms with E-state index in [4.69, 9.17) is 5.11 Å². The molecule has 98 valence electrons. The summed E-state index contributed by atoms with van der Waals surface area (Å²) in [6.45, 7) is -0.153. The maximum atomic E-state index is 13.1. The number of hydrogen-bond donors (Lipinski definition) is 2. The minimum atomic E-state index is -1.20. The molecule has 18 heavy (non-hydrogen) atoms. The number of nitrogens with zero attached hydrogens (tertiary/aromatic N) is 1. The van der Waals surface area contributed by atoms with Crippen molar-refractivity contribution in [3.05, 3.63) is 34.1 Å². The summed E-state index contributed by atoms with van der Waals surface area (Å²) in [5.74, 6) is -2.03. The zero-order valence-electron chi connectivity index (χ0n) is 9.42. The number of methoxy groups -OCH3 is 1. The summed E-state index contributed by atoms with van der Waals surface area (Å²) in [7, 11) is 1.31. The average molecular weight is 258 g/mol. The predicted molar refractivity (Wildman–Crippen MR) is 60.0 cm³/mol. The summed E-state index contributed by atoms with van der Waals surface area (Å²) in [4.78, 5) is 20.6. The lowest BCUT2D eigenvalue weighted by molar-refractivity contribution is -0.385. The topological polar surface area (TPSA) is 102 Å². The first-order valence-electron chi connectivity index (χ1n) is 4.87. The minimum absolute atomic E-state index is 0.00569. The number of nitro benzene ring substituents is 1. The van der Waals surface area contributed by atoms with Gasteiger partial charge in [-0.2, -0.15) is 0 Å². The van der Waals surface area contributed by atoms with Crippen LogP contribution >= 0.6 is 0 Å². The Kier molecular flexibility index (Phi) is 4.55. The number of carboxylic acid groups (broad SMARTS) is 1. The summed E-state index contributed by atoms with van der Waals surface area (Å²) in [6.07, 6.45) is 0. The molecule has 0 radical (unpaired) electrons. The van der Waals surface area contributed by atoms with E-state index >= 15 is 0 Å². The number of rotatable bonds is 6. The summed E-state index contributed by atoms with van der Waals surface area (Å²) in [5.41, 5.74) is -0.454. The quantitative estimate of drug-likeness (QED) is 0.588. The fraction of sp³-hybridized carbons (Fsp3) is 0.300. The monoisotopic (exact) mass is 258 g/mol. The molecule has 0 aliphatic carbocycles. The molecule has 1 aromatic rings. The van der Waals surface area contributed by atoms with E-state index in [1.54, 1.807) is 0 Å². The van der Waals surface area contributed by atoms with Crippen molar-refractivity contribution in [1.82, 2.24) is 0 Å². The van der Waals surface area contributed by atoms with Crippen molar-refractivity contribution in [2.75, 3.05) is 19.0 Å². The maximum absolute atomic E-state index is 13.1. The van der Waals surface area contributed by atoms with Crippen LogP contribution in [0.15, 0.2) is 18.2 Å². The highest BCUT2D eigenvalue weighted by atomic mass is 19.1. The van der Waals surface area contributed by atoms with E-state index in [2.05, 4.69) is 10.1 Å². The first-order chi connectivity index (χ1) is 8.43. The number of nitro groups is 1. The van der Waals surface area contributed by atoms with E-state index in [0.29, 0.717) is 0 Å². The van der Waals surface area contributed by atoms with Crippen molar-refractivity contribution in [2.24, 2.45) is 0 Å². The van der Waals surface area contributed by atoms with Crippen LogP contribution in [0.2, 0.25) is 0 Å². The van der Waals surface area contributed by atoms with Gasteiger partial charge < -0.3 is 15.2 Å². The van der Waals surface area contributed by atoms with Gasteiger partial charge in [0.2, 0.25) is 0 Å². The molecule has 2 N–H and O–H groups in total. The molecule has 0 bridgehead atoms. The molecular weight excluding hydrogens is 247 g/mol. The Morgan fingerprint density at radius 3 is 2.78 bits per heavy atom. The van der Waals surface area contributed by atoms with Gasteiger partial charge in [0, 0.05) is 18.9 Å². The average Bonchev–Trinajstić information content (AvgIpc) is 2.27. The Balaban J connectivity index is 2.95. The molecule has 1 aromatic carbocycles. The molecule has 7 nitrogen and oxygen atoms in total. The molecule has 0 amide bonds. The molecule has 0 aromatic heterocycles. The van der Waals surface area contributed by atoms with Crippen LogP contribution in [0.25, 0.3) is 0 Å². The van der Waals surface area contributed by atoms with Gasteiger partial charge in [-0.25, -0.2) is 9.18 Å². The predicted octanol–water partition coefficient (Wildman–Crippen LogP) is 1.25. The second-order valence-corrected chi connectivity index (χ2v) is 3.45. The summed E-state index contributed by atoms with van der Waals surface area (Å²) >= 11 is 0. The van der Waals surface area contributed by atoms with Crippen molar-refractivity contribution in [1.29, 1.82) is 0 Å². The lowest BCUT2D eigenvalue weighted by Crippen LogP contribution is -2.33. The van der Waals surface area contributed by atoms with Gasteiger partial charge >= 0.3 is 5.97 Å². The van der Waals surface area contributed by atoms with Crippen molar-refractivity contribution in [2.45, 2.75) is 6.04 Å². The number of carboxylic acids is 1. The second-order valence-electron chi connectivity index (χ2n) is 3.45. The van der Waals surface area contributed by atoms with E-state index in [1.165, 1.54) is 7.11 Å². The number of anilines is 1. The Hall–Kier alpha value is -2.22. The Morgan fingerprint density at radius 2 is 2.28 bits per heavy atom. The third kappa shape index (κ3) is 3.67. The third-order valence-electron chi connectivity index (χ3n) is 2.07. The smallest absolute Gasteiger partial charge is 0.328 e. The maximum Gasteiger partial charge on any atom is 0.328 e. The van der Waals surface area contributed by atoms with E-state index in [-0.39, 0.29) is 12.3 Å². The van der Waals surface area contributed by atoms with Gasteiger partial charge in [-0.1, -0.05) is 0 Å². The fourth-order valence-electron chi connectivity index (χ4n) is 1.31. The zero-order chi connectivity index (χ0) is 13.7. The normalized spacial score (nSPS) is 11.9.